The van der Waals surface area contributed by atoms with E-state index in [1.807, 2.05) is 24.7 Å². The maximum Gasteiger partial charge on any atom is 0.144 e. The average molecular weight is 195 g/mol. The summed E-state index contributed by atoms with van der Waals surface area (Å²) in [6.45, 7) is -0.0106. The summed E-state index contributed by atoms with van der Waals surface area (Å²) >= 11 is 1.49. The molecule has 1 N–H and O–H groups in total. The van der Waals surface area contributed by atoms with E-state index in [-0.39, 0.29) is 6.61 Å². The fourth-order valence-corrected chi connectivity index (χ4v) is 1.80. The van der Waals surface area contributed by atoms with Gasteiger partial charge < -0.3 is 5.11 Å². The molecule has 5 heteroatoms. The predicted molar refractivity (Wildman–Crippen MR) is 50.2 cm³/mol. The molecule has 0 bridgehead atoms. The Bertz CT molecular complexity index is 407. The molecule has 2 aromatic heterocycles. The molecule has 0 amide bonds. The molecule has 68 valence electrons. The topological polar surface area (TPSA) is 50.9 Å². The summed E-state index contributed by atoms with van der Waals surface area (Å²) in [7, 11) is 1.87. The Hall–Kier alpha value is -1.20. The largest absolute Gasteiger partial charge is 0.390 e. The van der Waals surface area contributed by atoms with E-state index < -0.39 is 0 Å². The van der Waals surface area contributed by atoms with Crippen LogP contribution in [0.15, 0.2) is 17.6 Å². The van der Waals surface area contributed by atoms with Crippen molar-refractivity contribution in [1.82, 2.24) is 14.8 Å². The number of rotatable bonds is 2. The standard InChI is InChI=1S/C8H9N3OS/c1-11-3-2-7(10-11)8-9-6(4-12)5-13-8/h2-3,5,12H,4H2,1H3. The molecule has 4 nitrogen and oxygen atoms in total. The Morgan fingerprint density at radius 1 is 1.62 bits per heavy atom. The number of aliphatic hydroxyl groups is 1. The zero-order chi connectivity index (χ0) is 9.26. The van der Waals surface area contributed by atoms with Crippen LogP contribution in [-0.2, 0) is 13.7 Å². The summed E-state index contributed by atoms with van der Waals surface area (Å²) in [5, 5.41) is 15.7. The highest BCUT2D eigenvalue weighted by molar-refractivity contribution is 7.13. The van der Waals surface area contributed by atoms with Gasteiger partial charge in [-0.15, -0.1) is 11.3 Å². The van der Waals surface area contributed by atoms with Gasteiger partial charge in [-0.1, -0.05) is 0 Å². The van der Waals surface area contributed by atoms with Gasteiger partial charge in [0.2, 0.25) is 0 Å². The summed E-state index contributed by atoms with van der Waals surface area (Å²) in [5.74, 6) is 0. The summed E-state index contributed by atoms with van der Waals surface area (Å²) in [4.78, 5) is 4.20. The van der Waals surface area contributed by atoms with Gasteiger partial charge in [0.05, 0.1) is 12.3 Å². The maximum absolute atomic E-state index is 8.82. The second-order valence-electron chi connectivity index (χ2n) is 2.68. The van der Waals surface area contributed by atoms with Crippen molar-refractivity contribution in [3.63, 3.8) is 0 Å². The Kier molecular flexibility index (Phi) is 2.12. The third-order valence-corrected chi connectivity index (χ3v) is 2.56. The molecule has 0 aliphatic heterocycles. The first kappa shape index (κ1) is 8.40. The highest BCUT2D eigenvalue weighted by Crippen LogP contribution is 2.21. The molecule has 0 aliphatic carbocycles. The van der Waals surface area contributed by atoms with Crippen LogP contribution >= 0.6 is 11.3 Å². The van der Waals surface area contributed by atoms with Crippen LogP contribution in [-0.4, -0.2) is 19.9 Å². The van der Waals surface area contributed by atoms with Crippen molar-refractivity contribution >= 4 is 11.3 Å². The zero-order valence-corrected chi connectivity index (χ0v) is 7.95. The van der Waals surface area contributed by atoms with E-state index in [9.17, 15) is 0 Å². The molecule has 0 aromatic carbocycles. The molecule has 0 aliphatic rings. The van der Waals surface area contributed by atoms with Crippen molar-refractivity contribution in [2.45, 2.75) is 6.61 Å². The maximum atomic E-state index is 8.82. The molecule has 2 aromatic rings. The first-order valence-corrected chi connectivity index (χ1v) is 4.73. The van der Waals surface area contributed by atoms with Crippen molar-refractivity contribution in [2.75, 3.05) is 0 Å². The van der Waals surface area contributed by atoms with Gasteiger partial charge in [-0.05, 0) is 6.07 Å². The van der Waals surface area contributed by atoms with Gasteiger partial charge in [-0.2, -0.15) is 5.10 Å². The smallest absolute Gasteiger partial charge is 0.144 e. The summed E-state index contributed by atoms with van der Waals surface area (Å²) < 4.78 is 1.73. The third kappa shape index (κ3) is 1.61. The van der Waals surface area contributed by atoms with Crippen molar-refractivity contribution in [3.05, 3.63) is 23.3 Å². The number of hydrogen-bond donors (Lipinski definition) is 1. The summed E-state index contributed by atoms with van der Waals surface area (Å²) in [5.41, 5.74) is 1.55. The van der Waals surface area contributed by atoms with Gasteiger partial charge in [0.1, 0.15) is 10.7 Å². The molecule has 0 radical (unpaired) electrons. The van der Waals surface area contributed by atoms with E-state index in [2.05, 4.69) is 10.1 Å². The van der Waals surface area contributed by atoms with Crippen molar-refractivity contribution in [3.8, 4) is 10.7 Å². The minimum Gasteiger partial charge on any atom is -0.390 e. The van der Waals surface area contributed by atoms with Crippen LogP contribution in [0.25, 0.3) is 10.7 Å². The minimum absolute atomic E-state index is 0.0106. The predicted octanol–water partition coefficient (Wildman–Crippen LogP) is 1.04. The second-order valence-corrected chi connectivity index (χ2v) is 3.53. The normalized spacial score (nSPS) is 10.6. The van der Waals surface area contributed by atoms with E-state index in [1.165, 1.54) is 11.3 Å². The Morgan fingerprint density at radius 3 is 3.00 bits per heavy atom. The highest BCUT2D eigenvalue weighted by atomic mass is 32.1. The fourth-order valence-electron chi connectivity index (χ4n) is 1.03. The van der Waals surface area contributed by atoms with Gasteiger partial charge in [0.15, 0.2) is 0 Å². The summed E-state index contributed by atoms with van der Waals surface area (Å²) in [6.07, 6.45) is 1.87. The Morgan fingerprint density at radius 2 is 2.46 bits per heavy atom. The summed E-state index contributed by atoms with van der Waals surface area (Å²) in [6, 6.07) is 1.90. The number of nitrogens with zero attached hydrogens (tertiary/aromatic N) is 3. The van der Waals surface area contributed by atoms with Gasteiger partial charge in [0, 0.05) is 18.6 Å². The minimum atomic E-state index is -0.0106. The molecule has 0 saturated heterocycles. The van der Waals surface area contributed by atoms with Gasteiger partial charge >= 0.3 is 0 Å². The highest BCUT2D eigenvalue weighted by Gasteiger charge is 2.05. The van der Waals surface area contributed by atoms with Crippen molar-refractivity contribution in [2.24, 2.45) is 7.05 Å². The molecular weight excluding hydrogens is 186 g/mol. The van der Waals surface area contributed by atoms with Crippen LogP contribution in [0.5, 0.6) is 0 Å². The SMILES string of the molecule is Cn1ccc(-c2nc(CO)cs2)n1. The fraction of sp³-hybridized carbons (Fsp3) is 0.250. The van der Waals surface area contributed by atoms with Crippen LogP contribution in [0.4, 0.5) is 0 Å². The lowest BCUT2D eigenvalue weighted by Crippen LogP contribution is -1.88. The van der Waals surface area contributed by atoms with E-state index >= 15 is 0 Å². The molecule has 2 rings (SSSR count). The number of hydrogen-bond acceptors (Lipinski definition) is 4. The molecule has 0 fully saturated rings. The lowest BCUT2D eigenvalue weighted by molar-refractivity contribution is 0.278. The lowest BCUT2D eigenvalue weighted by Gasteiger charge is -1.87. The van der Waals surface area contributed by atoms with Gasteiger partial charge in [-0.25, -0.2) is 4.98 Å². The monoisotopic (exact) mass is 195 g/mol. The van der Waals surface area contributed by atoms with Crippen molar-refractivity contribution in [1.29, 1.82) is 0 Å². The molecule has 0 unspecified atom stereocenters. The average Bonchev–Trinajstić information content (AvgIpc) is 2.71. The van der Waals surface area contributed by atoms with Crippen LogP contribution in [0.3, 0.4) is 0 Å². The zero-order valence-electron chi connectivity index (χ0n) is 7.14. The number of thiazole rings is 1. The van der Waals surface area contributed by atoms with Gasteiger partial charge in [0.25, 0.3) is 0 Å². The first-order chi connectivity index (χ1) is 6.29. The number of aliphatic hydroxyl groups excluding tert-OH is 1. The molecule has 0 spiro atoms. The quantitative estimate of drug-likeness (QED) is 0.778. The molecular formula is C8H9N3OS. The molecule has 0 saturated carbocycles. The molecule has 0 atom stereocenters. The molecule has 13 heavy (non-hydrogen) atoms. The Labute approximate surface area is 79.5 Å². The van der Waals surface area contributed by atoms with E-state index in [1.54, 1.807) is 4.68 Å². The van der Waals surface area contributed by atoms with E-state index in [0.717, 1.165) is 10.7 Å². The van der Waals surface area contributed by atoms with Crippen LogP contribution < -0.4 is 0 Å². The number of aromatic nitrogens is 3. The Balaban J connectivity index is 2.35. The van der Waals surface area contributed by atoms with Gasteiger partial charge in [-0.3, -0.25) is 4.68 Å². The molecule has 2 heterocycles. The number of aryl methyl sites for hydroxylation is 1. The lowest BCUT2D eigenvalue weighted by atomic mass is 10.4. The van der Waals surface area contributed by atoms with Crippen LogP contribution in [0.1, 0.15) is 5.69 Å². The first-order valence-electron chi connectivity index (χ1n) is 3.85. The van der Waals surface area contributed by atoms with Crippen molar-refractivity contribution < 1.29 is 5.11 Å². The third-order valence-electron chi connectivity index (χ3n) is 1.65. The van der Waals surface area contributed by atoms with E-state index in [4.69, 9.17) is 5.11 Å². The van der Waals surface area contributed by atoms with Crippen LogP contribution in [0.2, 0.25) is 0 Å². The van der Waals surface area contributed by atoms with Crippen LogP contribution in [0, 0.1) is 0 Å². The van der Waals surface area contributed by atoms with E-state index in [0.29, 0.717) is 5.69 Å². The second kappa shape index (κ2) is 3.27.